The Hall–Kier alpha value is -0.890. The Morgan fingerprint density at radius 2 is 2.29 bits per heavy atom. The van der Waals surface area contributed by atoms with Crippen LogP contribution in [0.3, 0.4) is 0 Å². The van der Waals surface area contributed by atoms with Crippen LogP contribution in [-0.4, -0.2) is 11.5 Å². The lowest BCUT2D eigenvalue weighted by atomic mass is 10.1. The summed E-state index contributed by atoms with van der Waals surface area (Å²) in [7, 11) is 0. The molecule has 0 unspecified atom stereocenters. The van der Waals surface area contributed by atoms with E-state index in [0.717, 1.165) is 13.1 Å². The van der Waals surface area contributed by atoms with Gasteiger partial charge in [0.05, 0.1) is 0 Å². The Morgan fingerprint density at radius 3 is 2.93 bits per heavy atom. The Labute approximate surface area is 85.7 Å². The Morgan fingerprint density at radius 1 is 1.50 bits per heavy atom. The lowest BCUT2D eigenvalue weighted by molar-refractivity contribution is 0.498. The van der Waals surface area contributed by atoms with Gasteiger partial charge in [-0.25, -0.2) is 0 Å². The van der Waals surface area contributed by atoms with Gasteiger partial charge in [0.25, 0.3) is 0 Å². The summed E-state index contributed by atoms with van der Waals surface area (Å²) in [6.07, 6.45) is 6.57. The first-order valence-corrected chi connectivity index (χ1v) is 5.30. The van der Waals surface area contributed by atoms with Crippen molar-refractivity contribution in [3.05, 3.63) is 29.6 Å². The quantitative estimate of drug-likeness (QED) is 0.788. The third-order valence-corrected chi connectivity index (χ3v) is 3.12. The summed E-state index contributed by atoms with van der Waals surface area (Å²) in [5.41, 5.74) is 3.24. The van der Waals surface area contributed by atoms with Gasteiger partial charge in [-0.05, 0) is 42.4 Å². The standard InChI is InChI=1S/C12H18N2/c1-10-3-6-13-7-11(10)8-14-9-12(2)4-5-12/h3,6-7,14H,4-5,8-9H2,1-2H3. The first-order chi connectivity index (χ1) is 6.70. The molecule has 76 valence electrons. The molecule has 1 N–H and O–H groups in total. The van der Waals surface area contributed by atoms with E-state index in [1.807, 2.05) is 12.4 Å². The molecule has 2 rings (SSSR count). The zero-order valence-corrected chi connectivity index (χ0v) is 9.01. The van der Waals surface area contributed by atoms with Gasteiger partial charge in [-0.1, -0.05) is 6.92 Å². The number of aryl methyl sites for hydroxylation is 1. The monoisotopic (exact) mass is 190 g/mol. The maximum absolute atomic E-state index is 4.14. The molecule has 0 atom stereocenters. The largest absolute Gasteiger partial charge is 0.312 e. The maximum atomic E-state index is 4.14. The summed E-state index contributed by atoms with van der Waals surface area (Å²) in [6, 6.07) is 2.07. The highest BCUT2D eigenvalue weighted by molar-refractivity contribution is 5.21. The highest BCUT2D eigenvalue weighted by atomic mass is 14.9. The highest BCUT2D eigenvalue weighted by Crippen LogP contribution is 2.44. The van der Waals surface area contributed by atoms with Crippen LogP contribution >= 0.6 is 0 Å². The van der Waals surface area contributed by atoms with Crippen LogP contribution in [0.2, 0.25) is 0 Å². The van der Waals surface area contributed by atoms with E-state index in [9.17, 15) is 0 Å². The van der Waals surface area contributed by atoms with Crippen molar-refractivity contribution in [2.75, 3.05) is 6.54 Å². The van der Waals surface area contributed by atoms with E-state index >= 15 is 0 Å². The lowest BCUT2D eigenvalue weighted by Crippen LogP contribution is -2.21. The minimum atomic E-state index is 0.593. The number of aromatic nitrogens is 1. The van der Waals surface area contributed by atoms with Gasteiger partial charge in [-0.15, -0.1) is 0 Å². The molecule has 0 aliphatic heterocycles. The SMILES string of the molecule is Cc1ccncc1CNCC1(C)CC1. The highest BCUT2D eigenvalue weighted by Gasteiger charge is 2.36. The Kier molecular flexibility index (Phi) is 2.55. The van der Waals surface area contributed by atoms with E-state index in [4.69, 9.17) is 0 Å². The maximum Gasteiger partial charge on any atom is 0.0315 e. The topological polar surface area (TPSA) is 24.9 Å². The summed E-state index contributed by atoms with van der Waals surface area (Å²) in [5.74, 6) is 0. The molecule has 0 amide bonds. The van der Waals surface area contributed by atoms with Crippen LogP contribution in [0.1, 0.15) is 30.9 Å². The number of nitrogens with zero attached hydrogens (tertiary/aromatic N) is 1. The molecular weight excluding hydrogens is 172 g/mol. The molecule has 0 saturated heterocycles. The first kappa shape index (κ1) is 9.66. The van der Waals surface area contributed by atoms with Crippen LogP contribution in [-0.2, 0) is 6.54 Å². The van der Waals surface area contributed by atoms with Crippen LogP contribution in [0.4, 0.5) is 0 Å². The van der Waals surface area contributed by atoms with Gasteiger partial charge >= 0.3 is 0 Å². The Balaban J connectivity index is 1.83. The Bertz CT molecular complexity index is 316. The second kappa shape index (κ2) is 3.70. The van der Waals surface area contributed by atoms with Gasteiger partial charge in [-0.2, -0.15) is 0 Å². The van der Waals surface area contributed by atoms with Crippen molar-refractivity contribution >= 4 is 0 Å². The van der Waals surface area contributed by atoms with E-state index in [1.165, 1.54) is 24.0 Å². The van der Waals surface area contributed by atoms with Crippen LogP contribution in [0.5, 0.6) is 0 Å². The van der Waals surface area contributed by atoms with Crippen LogP contribution < -0.4 is 5.32 Å². The molecule has 1 aromatic heterocycles. The molecular formula is C12H18N2. The number of rotatable bonds is 4. The summed E-state index contributed by atoms with van der Waals surface area (Å²) in [5, 5.41) is 3.50. The summed E-state index contributed by atoms with van der Waals surface area (Å²) in [4.78, 5) is 4.14. The normalized spacial score (nSPS) is 18.1. The van der Waals surface area contributed by atoms with Gasteiger partial charge in [0.2, 0.25) is 0 Å². The van der Waals surface area contributed by atoms with E-state index in [-0.39, 0.29) is 0 Å². The van der Waals surface area contributed by atoms with Crippen LogP contribution in [0.25, 0.3) is 0 Å². The molecule has 14 heavy (non-hydrogen) atoms. The van der Waals surface area contributed by atoms with Gasteiger partial charge < -0.3 is 5.32 Å². The van der Waals surface area contributed by atoms with Crippen molar-refractivity contribution in [1.82, 2.24) is 10.3 Å². The molecule has 1 fully saturated rings. The van der Waals surface area contributed by atoms with Crippen molar-refractivity contribution in [3.8, 4) is 0 Å². The summed E-state index contributed by atoms with van der Waals surface area (Å²) in [6.45, 7) is 6.57. The summed E-state index contributed by atoms with van der Waals surface area (Å²) < 4.78 is 0. The third kappa shape index (κ3) is 2.32. The average molecular weight is 190 g/mol. The predicted octanol–water partition coefficient (Wildman–Crippen LogP) is 2.28. The molecule has 1 aliphatic rings. The lowest BCUT2D eigenvalue weighted by Gasteiger charge is -2.10. The van der Waals surface area contributed by atoms with Crippen molar-refractivity contribution < 1.29 is 0 Å². The second-order valence-electron chi connectivity index (χ2n) is 4.72. The fourth-order valence-electron chi connectivity index (χ4n) is 1.57. The summed E-state index contributed by atoms with van der Waals surface area (Å²) >= 11 is 0. The van der Waals surface area contributed by atoms with Crippen molar-refractivity contribution in [2.45, 2.75) is 33.2 Å². The number of pyridine rings is 1. The second-order valence-corrected chi connectivity index (χ2v) is 4.72. The van der Waals surface area contributed by atoms with E-state index < -0.39 is 0 Å². The molecule has 0 bridgehead atoms. The van der Waals surface area contributed by atoms with Gasteiger partial charge in [0.1, 0.15) is 0 Å². The molecule has 0 aromatic carbocycles. The molecule has 1 heterocycles. The molecule has 2 nitrogen and oxygen atoms in total. The van der Waals surface area contributed by atoms with Gasteiger partial charge in [0.15, 0.2) is 0 Å². The number of hydrogen-bond acceptors (Lipinski definition) is 2. The zero-order valence-electron chi connectivity index (χ0n) is 9.01. The molecule has 2 heteroatoms. The fourth-order valence-corrected chi connectivity index (χ4v) is 1.57. The van der Waals surface area contributed by atoms with Crippen molar-refractivity contribution in [1.29, 1.82) is 0 Å². The minimum Gasteiger partial charge on any atom is -0.312 e. The number of nitrogens with one attached hydrogen (secondary N) is 1. The molecule has 1 aromatic rings. The predicted molar refractivity (Wildman–Crippen MR) is 58.0 cm³/mol. The first-order valence-electron chi connectivity index (χ1n) is 5.30. The third-order valence-electron chi connectivity index (χ3n) is 3.12. The number of hydrogen-bond donors (Lipinski definition) is 1. The smallest absolute Gasteiger partial charge is 0.0315 e. The van der Waals surface area contributed by atoms with E-state index in [1.54, 1.807) is 0 Å². The molecule has 1 saturated carbocycles. The van der Waals surface area contributed by atoms with Gasteiger partial charge in [0, 0.05) is 25.5 Å². The molecule has 1 aliphatic carbocycles. The average Bonchev–Trinajstić information content (AvgIpc) is 2.88. The van der Waals surface area contributed by atoms with Crippen LogP contribution in [0.15, 0.2) is 18.5 Å². The van der Waals surface area contributed by atoms with Crippen molar-refractivity contribution in [2.24, 2.45) is 5.41 Å². The molecule has 0 radical (unpaired) electrons. The van der Waals surface area contributed by atoms with Crippen molar-refractivity contribution in [3.63, 3.8) is 0 Å². The van der Waals surface area contributed by atoms with E-state index in [2.05, 4.69) is 30.2 Å². The fraction of sp³-hybridized carbons (Fsp3) is 0.583. The minimum absolute atomic E-state index is 0.593. The molecule has 0 spiro atoms. The zero-order chi connectivity index (χ0) is 10.0. The van der Waals surface area contributed by atoms with Crippen LogP contribution in [0, 0.1) is 12.3 Å². The van der Waals surface area contributed by atoms with Gasteiger partial charge in [-0.3, -0.25) is 4.98 Å². The van der Waals surface area contributed by atoms with E-state index in [0.29, 0.717) is 5.41 Å².